The molecule has 6 nitrogen and oxygen atoms in total. The number of nitrogens with zero attached hydrogens (tertiary/aromatic N) is 2. The van der Waals surface area contributed by atoms with E-state index in [1.807, 2.05) is 13.0 Å². The van der Waals surface area contributed by atoms with E-state index in [-0.39, 0.29) is 5.91 Å². The Balaban J connectivity index is 1.63. The van der Waals surface area contributed by atoms with Crippen LogP contribution >= 0.6 is 0 Å². The number of aromatic nitrogens is 1. The number of carbonyl (C=O) groups excluding carboxylic acids is 1. The summed E-state index contributed by atoms with van der Waals surface area (Å²) in [5.74, 6) is -0.251. The van der Waals surface area contributed by atoms with Crippen LogP contribution in [0.3, 0.4) is 0 Å². The number of pyridine rings is 1. The Labute approximate surface area is 154 Å². The van der Waals surface area contributed by atoms with Gasteiger partial charge in [0.1, 0.15) is 5.69 Å². The van der Waals surface area contributed by atoms with Crippen molar-refractivity contribution in [1.82, 2.24) is 14.6 Å². The molecule has 0 radical (unpaired) electrons. The molecule has 1 N–H and O–H groups in total. The predicted octanol–water partition coefficient (Wildman–Crippen LogP) is 2.49. The van der Waals surface area contributed by atoms with Crippen LogP contribution in [0.25, 0.3) is 0 Å². The smallest absolute Gasteiger partial charge is 0.270 e. The van der Waals surface area contributed by atoms with Gasteiger partial charge < -0.3 is 5.32 Å². The Bertz CT molecular complexity index is 873. The summed E-state index contributed by atoms with van der Waals surface area (Å²) in [5.41, 5.74) is 1.99. The fraction of sp³-hybridized carbons (Fsp3) is 0.368. The summed E-state index contributed by atoms with van der Waals surface area (Å²) < 4.78 is 26.8. The normalized spacial score (nSPS) is 15.6. The zero-order chi connectivity index (χ0) is 18.6. The van der Waals surface area contributed by atoms with Crippen LogP contribution in [0.1, 0.15) is 41.0 Å². The highest BCUT2D eigenvalue weighted by molar-refractivity contribution is 7.89. The third-order valence-electron chi connectivity index (χ3n) is 4.45. The van der Waals surface area contributed by atoms with Crippen LogP contribution in [-0.2, 0) is 16.6 Å². The predicted molar refractivity (Wildman–Crippen MR) is 99.2 cm³/mol. The maximum Gasteiger partial charge on any atom is 0.270 e. The van der Waals surface area contributed by atoms with E-state index in [1.165, 1.54) is 0 Å². The average molecular weight is 373 g/mol. The number of sulfonamides is 1. The summed E-state index contributed by atoms with van der Waals surface area (Å²) in [5, 5.41) is 2.80. The lowest BCUT2D eigenvalue weighted by Crippen LogP contribution is -2.35. The van der Waals surface area contributed by atoms with Crippen molar-refractivity contribution in [2.75, 3.05) is 13.1 Å². The molecular formula is C19H23N3O3S. The van der Waals surface area contributed by atoms with E-state index in [2.05, 4.69) is 10.3 Å². The molecule has 0 unspecified atom stereocenters. The van der Waals surface area contributed by atoms with Crippen molar-refractivity contribution in [3.8, 4) is 0 Å². The lowest BCUT2D eigenvalue weighted by molar-refractivity contribution is 0.0945. The lowest BCUT2D eigenvalue weighted by Gasteiger charge is -2.25. The zero-order valence-corrected chi connectivity index (χ0v) is 15.6. The first-order valence-corrected chi connectivity index (χ1v) is 10.2. The van der Waals surface area contributed by atoms with Gasteiger partial charge in [0, 0.05) is 25.3 Å². The first kappa shape index (κ1) is 18.5. The molecule has 0 saturated carbocycles. The quantitative estimate of drug-likeness (QED) is 0.873. The Morgan fingerprint density at radius 2 is 1.77 bits per heavy atom. The molecule has 7 heteroatoms. The average Bonchev–Trinajstić information content (AvgIpc) is 2.67. The van der Waals surface area contributed by atoms with E-state index in [1.54, 1.807) is 40.7 Å². The minimum atomic E-state index is -3.42. The van der Waals surface area contributed by atoms with Crippen LogP contribution in [0.5, 0.6) is 0 Å². The van der Waals surface area contributed by atoms with Crippen LogP contribution in [0.4, 0.5) is 0 Å². The Kier molecular flexibility index (Phi) is 5.68. The number of amides is 1. The zero-order valence-electron chi connectivity index (χ0n) is 14.8. The summed E-state index contributed by atoms with van der Waals surface area (Å²) in [6.45, 7) is 3.32. The van der Waals surface area contributed by atoms with Gasteiger partial charge in [-0.3, -0.25) is 4.79 Å². The third kappa shape index (κ3) is 4.28. The molecule has 1 aromatic heterocycles. The second kappa shape index (κ2) is 7.97. The van der Waals surface area contributed by atoms with Crippen LogP contribution in [-0.4, -0.2) is 36.7 Å². The summed E-state index contributed by atoms with van der Waals surface area (Å²) in [4.78, 5) is 16.6. The molecule has 0 aliphatic carbocycles. The molecular weight excluding hydrogens is 350 g/mol. The minimum absolute atomic E-state index is 0.251. The highest BCUT2D eigenvalue weighted by atomic mass is 32.2. The van der Waals surface area contributed by atoms with E-state index in [9.17, 15) is 13.2 Å². The van der Waals surface area contributed by atoms with Crippen LogP contribution in [0, 0.1) is 6.92 Å². The maximum atomic E-state index is 12.6. The number of piperidine rings is 1. The van der Waals surface area contributed by atoms with Crippen molar-refractivity contribution in [1.29, 1.82) is 0 Å². The Hall–Kier alpha value is -2.25. The SMILES string of the molecule is Cc1cccc(C(=O)NCc2ccc(S(=O)(=O)N3CCCCC3)cc2)n1. The van der Waals surface area contributed by atoms with Gasteiger partial charge in [0.05, 0.1) is 4.90 Å². The molecule has 0 spiro atoms. The monoisotopic (exact) mass is 373 g/mol. The van der Waals surface area contributed by atoms with Crippen molar-refractivity contribution in [2.45, 2.75) is 37.6 Å². The molecule has 1 aliphatic heterocycles. The van der Waals surface area contributed by atoms with Gasteiger partial charge in [-0.2, -0.15) is 4.31 Å². The van der Waals surface area contributed by atoms with Gasteiger partial charge >= 0.3 is 0 Å². The molecule has 0 atom stereocenters. The van der Waals surface area contributed by atoms with Crippen molar-refractivity contribution < 1.29 is 13.2 Å². The van der Waals surface area contributed by atoms with Crippen molar-refractivity contribution in [3.63, 3.8) is 0 Å². The van der Waals surface area contributed by atoms with Crippen molar-refractivity contribution >= 4 is 15.9 Å². The molecule has 0 bridgehead atoms. The van der Waals surface area contributed by atoms with Crippen molar-refractivity contribution in [2.24, 2.45) is 0 Å². The van der Waals surface area contributed by atoms with Gasteiger partial charge in [-0.1, -0.05) is 24.6 Å². The molecule has 1 aliphatic rings. The minimum Gasteiger partial charge on any atom is -0.347 e. The summed E-state index contributed by atoms with van der Waals surface area (Å²) >= 11 is 0. The third-order valence-corrected chi connectivity index (χ3v) is 6.36. The van der Waals surface area contributed by atoms with Gasteiger partial charge in [0.25, 0.3) is 5.91 Å². The van der Waals surface area contributed by atoms with E-state index in [4.69, 9.17) is 0 Å². The fourth-order valence-electron chi connectivity index (χ4n) is 2.98. The topological polar surface area (TPSA) is 79.4 Å². The maximum absolute atomic E-state index is 12.6. The number of rotatable bonds is 5. The molecule has 2 heterocycles. The van der Waals surface area contributed by atoms with Crippen molar-refractivity contribution in [3.05, 3.63) is 59.4 Å². The number of carbonyl (C=O) groups is 1. The molecule has 3 rings (SSSR count). The molecule has 1 aromatic carbocycles. The van der Waals surface area contributed by atoms with E-state index >= 15 is 0 Å². The summed E-state index contributed by atoms with van der Waals surface area (Å²) in [6, 6.07) is 12.0. The second-order valence-electron chi connectivity index (χ2n) is 6.46. The fourth-order valence-corrected chi connectivity index (χ4v) is 4.49. The van der Waals surface area contributed by atoms with Gasteiger partial charge in [-0.05, 0) is 49.6 Å². The number of hydrogen-bond donors (Lipinski definition) is 1. The van der Waals surface area contributed by atoms with Crippen LogP contribution < -0.4 is 5.32 Å². The van der Waals surface area contributed by atoms with Gasteiger partial charge in [0.15, 0.2) is 0 Å². The number of benzene rings is 1. The Morgan fingerprint density at radius 1 is 1.08 bits per heavy atom. The molecule has 2 aromatic rings. The van der Waals surface area contributed by atoms with E-state index in [0.29, 0.717) is 30.2 Å². The standard InChI is InChI=1S/C19H23N3O3S/c1-15-6-5-7-18(21-15)19(23)20-14-16-8-10-17(11-9-16)26(24,25)22-12-3-2-4-13-22/h5-11H,2-4,12-14H2,1H3,(H,20,23). The molecule has 1 saturated heterocycles. The first-order valence-electron chi connectivity index (χ1n) is 8.78. The molecule has 1 amide bonds. The van der Waals surface area contributed by atoms with Crippen LogP contribution in [0.2, 0.25) is 0 Å². The van der Waals surface area contributed by atoms with Gasteiger partial charge in [-0.25, -0.2) is 13.4 Å². The molecule has 1 fully saturated rings. The lowest BCUT2D eigenvalue weighted by atomic mass is 10.2. The number of nitrogens with one attached hydrogen (secondary N) is 1. The highest BCUT2D eigenvalue weighted by Gasteiger charge is 2.25. The highest BCUT2D eigenvalue weighted by Crippen LogP contribution is 2.20. The van der Waals surface area contributed by atoms with Gasteiger partial charge in [-0.15, -0.1) is 0 Å². The second-order valence-corrected chi connectivity index (χ2v) is 8.39. The number of hydrogen-bond acceptors (Lipinski definition) is 4. The van der Waals surface area contributed by atoms with Crippen LogP contribution in [0.15, 0.2) is 47.4 Å². The summed E-state index contributed by atoms with van der Waals surface area (Å²) in [6.07, 6.45) is 2.91. The first-order chi connectivity index (χ1) is 12.5. The van der Waals surface area contributed by atoms with Gasteiger partial charge in [0.2, 0.25) is 10.0 Å². The number of aryl methyl sites for hydroxylation is 1. The Morgan fingerprint density at radius 3 is 2.42 bits per heavy atom. The molecule has 138 valence electrons. The molecule has 26 heavy (non-hydrogen) atoms. The summed E-state index contributed by atoms with van der Waals surface area (Å²) in [7, 11) is -3.42. The largest absolute Gasteiger partial charge is 0.347 e. The van der Waals surface area contributed by atoms with E-state index < -0.39 is 10.0 Å². The van der Waals surface area contributed by atoms with E-state index in [0.717, 1.165) is 30.5 Å².